The Morgan fingerprint density at radius 3 is 2.82 bits per heavy atom. The van der Waals surface area contributed by atoms with E-state index in [1.807, 2.05) is 42.7 Å². The van der Waals surface area contributed by atoms with Crippen LogP contribution in [0.15, 0.2) is 24.3 Å². The molecule has 1 aromatic carbocycles. The largest absolute Gasteiger partial charge is 0.376 e. The zero-order valence-electron chi connectivity index (χ0n) is 16.8. The molecule has 7 heteroatoms. The molecule has 1 aliphatic rings. The minimum absolute atomic E-state index is 0.0546. The van der Waals surface area contributed by atoms with Crippen molar-refractivity contribution < 1.29 is 14.3 Å². The van der Waals surface area contributed by atoms with E-state index in [9.17, 15) is 9.59 Å². The minimum atomic E-state index is -0.173. The number of hydrogen-bond acceptors (Lipinski definition) is 4. The molecular formula is C21H28N4O3. The number of carbonyl (C=O) groups is 2. The van der Waals surface area contributed by atoms with E-state index in [2.05, 4.69) is 10.3 Å². The number of amides is 2. The predicted octanol–water partition coefficient (Wildman–Crippen LogP) is 2.76. The van der Waals surface area contributed by atoms with Crippen molar-refractivity contribution in [3.8, 4) is 0 Å². The van der Waals surface area contributed by atoms with Crippen LogP contribution in [0.1, 0.15) is 46.7 Å². The number of aromatic nitrogens is 2. The van der Waals surface area contributed by atoms with E-state index in [0.29, 0.717) is 36.8 Å². The van der Waals surface area contributed by atoms with Crippen LogP contribution in [0.25, 0.3) is 0 Å². The van der Waals surface area contributed by atoms with Gasteiger partial charge >= 0.3 is 0 Å². The molecule has 2 amide bonds. The highest BCUT2D eigenvalue weighted by atomic mass is 16.5. The SMILES string of the molecule is Cc1ccccc1Cn1c(C)nc(NC=O)c1C(=O)N(C)CC1CCCCO1. The first-order valence-electron chi connectivity index (χ1n) is 9.70. The average Bonchev–Trinajstić information content (AvgIpc) is 2.99. The molecule has 7 nitrogen and oxygen atoms in total. The summed E-state index contributed by atoms with van der Waals surface area (Å²) in [5, 5.41) is 2.59. The first-order valence-corrected chi connectivity index (χ1v) is 9.70. The van der Waals surface area contributed by atoms with Gasteiger partial charge in [-0.1, -0.05) is 24.3 Å². The number of likely N-dealkylation sites (N-methyl/N-ethyl adjacent to an activating group) is 1. The van der Waals surface area contributed by atoms with Crippen LogP contribution in [0.5, 0.6) is 0 Å². The van der Waals surface area contributed by atoms with Gasteiger partial charge in [-0.15, -0.1) is 0 Å². The van der Waals surface area contributed by atoms with Gasteiger partial charge in [0.25, 0.3) is 5.91 Å². The number of nitrogens with one attached hydrogen (secondary N) is 1. The van der Waals surface area contributed by atoms with Gasteiger partial charge in [-0.2, -0.15) is 0 Å². The van der Waals surface area contributed by atoms with Crippen LogP contribution >= 0.6 is 0 Å². The third kappa shape index (κ3) is 4.42. The predicted molar refractivity (Wildman–Crippen MR) is 107 cm³/mol. The topological polar surface area (TPSA) is 76.5 Å². The molecule has 0 spiro atoms. The van der Waals surface area contributed by atoms with Crippen molar-refractivity contribution in [1.82, 2.24) is 14.5 Å². The molecule has 1 atom stereocenters. The maximum Gasteiger partial charge on any atom is 0.274 e. The molecule has 150 valence electrons. The third-order valence-corrected chi connectivity index (χ3v) is 5.24. The fraction of sp³-hybridized carbons (Fsp3) is 0.476. The Balaban J connectivity index is 1.89. The molecule has 1 fully saturated rings. The van der Waals surface area contributed by atoms with Crippen molar-refractivity contribution in [1.29, 1.82) is 0 Å². The lowest BCUT2D eigenvalue weighted by molar-refractivity contribution is -0.105. The van der Waals surface area contributed by atoms with Crippen molar-refractivity contribution >= 4 is 18.1 Å². The van der Waals surface area contributed by atoms with E-state index >= 15 is 0 Å². The molecule has 1 unspecified atom stereocenters. The number of anilines is 1. The second-order valence-corrected chi connectivity index (χ2v) is 7.31. The van der Waals surface area contributed by atoms with Gasteiger partial charge in [-0.05, 0) is 44.2 Å². The summed E-state index contributed by atoms with van der Waals surface area (Å²) in [5.74, 6) is 0.800. The number of carbonyl (C=O) groups excluding carboxylic acids is 2. The molecular weight excluding hydrogens is 356 g/mol. The molecule has 1 aromatic heterocycles. The lowest BCUT2D eigenvalue weighted by Gasteiger charge is -2.27. The molecule has 1 N–H and O–H groups in total. The molecule has 0 bridgehead atoms. The number of ether oxygens (including phenoxy) is 1. The molecule has 28 heavy (non-hydrogen) atoms. The molecule has 1 saturated heterocycles. The molecule has 3 rings (SSSR count). The van der Waals surface area contributed by atoms with Gasteiger partial charge < -0.3 is 19.5 Å². The van der Waals surface area contributed by atoms with Crippen LogP contribution in [-0.2, 0) is 16.1 Å². The highest BCUT2D eigenvalue weighted by Gasteiger charge is 2.27. The Hall–Kier alpha value is -2.67. The van der Waals surface area contributed by atoms with E-state index in [4.69, 9.17) is 4.74 Å². The summed E-state index contributed by atoms with van der Waals surface area (Å²) in [4.78, 5) is 30.4. The Morgan fingerprint density at radius 1 is 1.36 bits per heavy atom. The van der Waals surface area contributed by atoms with Gasteiger partial charge in [-0.3, -0.25) is 9.59 Å². The van der Waals surface area contributed by atoms with Crippen molar-refractivity contribution in [2.45, 2.75) is 45.8 Å². The van der Waals surface area contributed by atoms with Gasteiger partial charge in [-0.25, -0.2) is 4.98 Å². The van der Waals surface area contributed by atoms with Crippen molar-refractivity contribution in [2.75, 3.05) is 25.5 Å². The zero-order valence-corrected chi connectivity index (χ0v) is 16.8. The summed E-state index contributed by atoms with van der Waals surface area (Å²) in [6, 6.07) is 8.05. The summed E-state index contributed by atoms with van der Waals surface area (Å²) in [6.45, 7) is 5.67. The van der Waals surface area contributed by atoms with E-state index in [1.54, 1.807) is 11.9 Å². The van der Waals surface area contributed by atoms with Crippen molar-refractivity contribution in [3.63, 3.8) is 0 Å². The second kappa shape index (κ2) is 9.01. The number of aryl methyl sites for hydroxylation is 2. The molecule has 0 aliphatic carbocycles. The number of hydrogen-bond donors (Lipinski definition) is 1. The highest BCUT2D eigenvalue weighted by molar-refractivity contribution is 5.99. The van der Waals surface area contributed by atoms with Crippen molar-refractivity contribution in [3.05, 3.63) is 46.9 Å². The van der Waals surface area contributed by atoms with Crippen LogP contribution in [0, 0.1) is 13.8 Å². The van der Waals surface area contributed by atoms with Gasteiger partial charge in [0.05, 0.1) is 6.10 Å². The van der Waals surface area contributed by atoms with Gasteiger partial charge in [0.2, 0.25) is 6.41 Å². The Morgan fingerprint density at radius 2 is 2.14 bits per heavy atom. The average molecular weight is 384 g/mol. The van der Waals surface area contributed by atoms with Gasteiger partial charge in [0.15, 0.2) is 11.5 Å². The lowest BCUT2D eigenvalue weighted by atomic mass is 10.1. The normalized spacial score (nSPS) is 16.6. The summed E-state index contributed by atoms with van der Waals surface area (Å²) < 4.78 is 7.64. The van der Waals surface area contributed by atoms with Crippen LogP contribution in [0.3, 0.4) is 0 Å². The monoisotopic (exact) mass is 384 g/mol. The Bertz CT molecular complexity index is 840. The zero-order chi connectivity index (χ0) is 20.1. The smallest absolute Gasteiger partial charge is 0.274 e. The quantitative estimate of drug-likeness (QED) is 0.745. The minimum Gasteiger partial charge on any atom is -0.376 e. The van der Waals surface area contributed by atoms with Gasteiger partial charge in [0, 0.05) is 26.7 Å². The molecule has 0 saturated carbocycles. The summed E-state index contributed by atoms with van der Waals surface area (Å²) in [7, 11) is 1.77. The van der Waals surface area contributed by atoms with E-state index in [-0.39, 0.29) is 12.0 Å². The van der Waals surface area contributed by atoms with E-state index in [0.717, 1.165) is 37.0 Å². The van der Waals surface area contributed by atoms with Gasteiger partial charge in [0.1, 0.15) is 5.82 Å². The van der Waals surface area contributed by atoms with E-state index < -0.39 is 0 Å². The maximum absolute atomic E-state index is 13.3. The van der Waals surface area contributed by atoms with Crippen LogP contribution in [0.4, 0.5) is 5.82 Å². The van der Waals surface area contributed by atoms with Crippen molar-refractivity contribution in [2.24, 2.45) is 0 Å². The summed E-state index contributed by atoms with van der Waals surface area (Å²) in [5.41, 5.74) is 2.64. The molecule has 1 aliphatic heterocycles. The highest BCUT2D eigenvalue weighted by Crippen LogP contribution is 2.22. The maximum atomic E-state index is 13.3. The molecule has 2 heterocycles. The van der Waals surface area contributed by atoms with Crippen LogP contribution in [0.2, 0.25) is 0 Å². The Labute approximate surface area is 165 Å². The standard InChI is InChI=1S/C21H28N4O3/c1-15-8-4-5-9-17(15)12-25-16(2)23-20(22-14-26)19(25)21(27)24(3)13-18-10-6-7-11-28-18/h4-5,8-9,14,18H,6-7,10-13H2,1-3H3,(H,22,26). The fourth-order valence-electron chi connectivity index (χ4n) is 3.61. The first kappa shape index (κ1) is 20.1. The molecule has 2 aromatic rings. The first-order chi connectivity index (χ1) is 13.5. The summed E-state index contributed by atoms with van der Waals surface area (Å²) >= 11 is 0. The number of nitrogens with zero attached hydrogens (tertiary/aromatic N) is 3. The molecule has 0 radical (unpaired) electrons. The fourth-order valence-corrected chi connectivity index (χ4v) is 3.61. The summed E-state index contributed by atoms with van der Waals surface area (Å²) in [6.07, 6.45) is 3.76. The Kier molecular flexibility index (Phi) is 6.46. The van der Waals surface area contributed by atoms with Crippen LogP contribution in [-0.4, -0.2) is 53.1 Å². The lowest BCUT2D eigenvalue weighted by Crippen LogP contribution is -2.38. The number of rotatable bonds is 7. The van der Waals surface area contributed by atoms with Crippen LogP contribution < -0.4 is 5.32 Å². The number of imidazole rings is 1. The van der Waals surface area contributed by atoms with E-state index in [1.165, 1.54) is 0 Å². The second-order valence-electron chi connectivity index (χ2n) is 7.31. The number of benzene rings is 1. The third-order valence-electron chi connectivity index (χ3n) is 5.24.